The highest BCUT2D eigenvalue weighted by Crippen LogP contribution is 2.52. The van der Waals surface area contributed by atoms with E-state index in [1.807, 2.05) is 48.5 Å². The highest BCUT2D eigenvalue weighted by atomic mass is 16.5. The van der Waals surface area contributed by atoms with Gasteiger partial charge in [-0.3, -0.25) is 0 Å². The van der Waals surface area contributed by atoms with Crippen LogP contribution in [0.5, 0.6) is 23.0 Å². The molecule has 0 atom stereocenters. The molecule has 0 amide bonds. The van der Waals surface area contributed by atoms with E-state index in [-0.39, 0.29) is 5.41 Å². The molecule has 0 spiro atoms. The number of benzene rings is 4. The van der Waals surface area contributed by atoms with Crippen LogP contribution in [0.15, 0.2) is 72.8 Å². The van der Waals surface area contributed by atoms with E-state index in [4.69, 9.17) is 20.9 Å². The summed E-state index contributed by atoms with van der Waals surface area (Å²) in [5.41, 5.74) is 20.8. The quantitative estimate of drug-likeness (QED) is 0.206. The Balaban J connectivity index is 1.36. The standard InChI is InChI=1S/C41H50N2O2/c1-26-6-8-31(9-7-26)32-18-20-41(21-19-32,33-22-27(2)39(28(3)23-33)44-37-14-10-35(42)11-15-37)34-24-29(4)40(30(5)25-34)45-38-16-12-36(43)13-17-38/h10-17,22-26,31-32H,6-9,18-21,42-43H2,1-5H3/t26-,31+. The molecule has 0 heterocycles. The Morgan fingerprint density at radius 2 is 0.889 bits per heavy atom. The maximum absolute atomic E-state index is 6.42. The van der Waals surface area contributed by atoms with E-state index in [0.717, 1.165) is 65.0 Å². The molecule has 0 unspecified atom stereocenters. The first-order chi connectivity index (χ1) is 21.6. The SMILES string of the molecule is Cc1cc(C2(c3cc(C)c(Oc4ccc(N)cc4)c(C)c3)CCC([C@H]3CC[C@@H](C)CC3)CC2)cc(C)c1Oc1ccc(N)cc1. The maximum Gasteiger partial charge on any atom is 0.133 e. The highest BCUT2D eigenvalue weighted by Gasteiger charge is 2.41. The van der Waals surface area contributed by atoms with E-state index in [2.05, 4.69) is 58.9 Å². The van der Waals surface area contributed by atoms with Crippen molar-refractivity contribution in [3.63, 3.8) is 0 Å². The van der Waals surface area contributed by atoms with Crippen LogP contribution in [0.4, 0.5) is 11.4 Å². The monoisotopic (exact) mass is 602 g/mol. The Kier molecular flexibility index (Phi) is 8.86. The molecule has 0 aliphatic heterocycles. The molecule has 2 aliphatic rings. The van der Waals surface area contributed by atoms with Gasteiger partial charge in [-0.05, 0) is 166 Å². The first-order valence-electron chi connectivity index (χ1n) is 16.9. The van der Waals surface area contributed by atoms with Gasteiger partial charge in [0.1, 0.15) is 23.0 Å². The summed E-state index contributed by atoms with van der Waals surface area (Å²) in [6, 6.07) is 24.9. The number of anilines is 2. The fraction of sp³-hybridized carbons (Fsp3) is 0.415. The van der Waals surface area contributed by atoms with E-state index >= 15 is 0 Å². The van der Waals surface area contributed by atoms with Crippen LogP contribution in [0.25, 0.3) is 0 Å². The van der Waals surface area contributed by atoms with Crippen LogP contribution >= 0.6 is 0 Å². The zero-order chi connectivity index (χ0) is 31.7. The Bertz CT molecular complexity index is 1470. The second-order valence-electron chi connectivity index (χ2n) is 14.2. The molecule has 4 aromatic carbocycles. The van der Waals surface area contributed by atoms with Gasteiger partial charge >= 0.3 is 0 Å². The molecule has 4 heteroatoms. The molecule has 4 aromatic rings. The van der Waals surface area contributed by atoms with Crippen LogP contribution in [0.1, 0.15) is 91.7 Å². The molecular weight excluding hydrogens is 552 g/mol. The summed E-state index contributed by atoms with van der Waals surface area (Å²) in [6.07, 6.45) is 10.5. The lowest BCUT2D eigenvalue weighted by molar-refractivity contribution is 0.147. The van der Waals surface area contributed by atoms with Crippen molar-refractivity contribution in [1.29, 1.82) is 0 Å². The topological polar surface area (TPSA) is 70.5 Å². The third-order valence-electron chi connectivity index (χ3n) is 10.8. The largest absolute Gasteiger partial charge is 0.457 e. The van der Waals surface area contributed by atoms with Crippen molar-refractivity contribution in [2.45, 2.75) is 91.4 Å². The van der Waals surface area contributed by atoms with Gasteiger partial charge in [0.15, 0.2) is 0 Å². The normalized spacial score (nSPS) is 20.1. The van der Waals surface area contributed by atoms with Gasteiger partial charge in [0.25, 0.3) is 0 Å². The highest BCUT2D eigenvalue weighted by molar-refractivity contribution is 5.55. The molecule has 45 heavy (non-hydrogen) atoms. The summed E-state index contributed by atoms with van der Waals surface area (Å²) in [5, 5.41) is 0. The first-order valence-corrected chi connectivity index (χ1v) is 16.9. The lowest BCUT2D eigenvalue weighted by atomic mass is 9.59. The van der Waals surface area contributed by atoms with Gasteiger partial charge in [0, 0.05) is 16.8 Å². The minimum atomic E-state index is -0.0526. The molecule has 4 N–H and O–H groups in total. The van der Waals surface area contributed by atoms with Crippen molar-refractivity contribution in [2.24, 2.45) is 17.8 Å². The fourth-order valence-electron chi connectivity index (χ4n) is 8.19. The summed E-state index contributed by atoms with van der Waals surface area (Å²) in [7, 11) is 0. The average Bonchev–Trinajstić information content (AvgIpc) is 3.03. The third kappa shape index (κ3) is 6.57. The fourth-order valence-corrected chi connectivity index (χ4v) is 8.19. The second-order valence-corrected chi connectivity index (χ2v) is 14.2. The number of aryl methyl sites for hydroxylation is 4. The van der Waals surface area contributed by atoms with Crippen molar-refractivity contribution in [1.82, 2.24) is 0 Å². The Labute approximate surface area is 270 Å². The second kappa shape index (κ2) is 12.8. The van der Waals surface area contributed by atoms with Crippen LogP contribution in [0, 0.1) is 45.4 Å². The number of ether oxygens (including phenoxy) is 2. The van der Waals surface area contributed by atoms with Crippen LogP contribution in [-0.2, 0) is 5.41 Å². The molecule has 2 fully saturated rings. The number of nitrogens with two attached hydrogens (primary N) is 2. The zero-order valence-electron chi connectivity index (χ0n) is 27.8. The maximum atomic E-state index is 6.42. The predicted molar refractivity (Wildman–Crippen MR) is 188 cm³/mol. The minimum Gasteiger partial charge on any atom is -0.457 e. The molecule has 236 valence electrons. The molecule has 2 saturated carbocycles. The van der Waals surface area contributed by atoms with Crippen molar-refractivity contribution in [3.05, 3.63) is 106 Å². The summed E-state index contributed by atoms with van der Waals surface area (Å²) < 4.78 is 12.8. The lowest BCUT2D eigenvalue weighted by Gasteiger charge is -2.45. The lowest BCUT2D eigenvalue weighted by Crippen LogP contribution is -2.36. The first kappa shape index (κ1) is 31.1. The van der Waals surface area contributed by atoms with Gasteiger partial charge in [-0.2, -0.15) is 0 Å². The molecule has 0 saturated heterocycles. The van der Waals surface area contributed by atoms with Gasteiger partial charge in [-0.25, -0.2) is 0 Å². The van der Waals surface area contributed by atoms with E-state index in [1.54, 1.807) is 0 Å². The molecule has 0 aromatic heterocycles. The van der Waals surface area contributed by atoms with Crippen molar-refractivity contribution >= 4 is 11.4 Å². The number of nitrogen functional groups attached to an aromatic ring is 2. The van der Waals surface area contributed by atoms with Crippen LogP contribution in [0.2, 0.25) is 0 Å². The molecule has 4 nitrogen and oxygen atoms in total. The Morgan fingerprint density at radius 3 is 1.27 bits per heavy atom. The zero-order valence-corrected chi connectivity index (χ0v) is 27.8. The Morgan fingerprint density at radius 1 is 0.533 bits per heavy atom. The van der Waals surface area contributed by atoms with Gasteiger partial charge in [0.05, 0.1) is 0 Å². The van der Waals surface area contributed by atoms with E-state index in [9.17, 15) is 0 Å². The van der Waals surface area contributed by atoms with Gasteiger partial charge < -0.3 is 20.9 Å². The van der Waals surface area contributed by atoms with Crippen molar-refractivity contribution in [3.8, 4) is 23.0 Å². The summed E-state index contributed by atoms with van der Waals surface area (Å²) in [4.78, 5) is 0. The minimum absolute atomic E-state index is 0.0526. The molecule has 0 bridgehead atoms. The average molecular weight is 603 g/mol. The van der Waals surface area contributed by atoms with Gasteiger partial charge in [0.2, 0.25) is 0 Å². The van der Waals surface area contributed by atoms with Crippen molar-refractivity contribution in [2.75, 3.05) is 11.5 Å². The van der Waals surface area contributed by atoms with Crippen LogP contribution < -0.4 is 20.9 Å². The third-order valence-corrected chi connectivity index (χ3v) is 10.8. The van der Waals surface area contributed by atoms with Crippen LogP contribution in [-0.4, -0.2) is 0 Å². The molecular formula is C41H50N2O2. The molecule has 6 rings (SSSR count). The van der Waals surface area contributed by atoms with Crippen molar-refractivity contribution < 1.29 is 9.47 Å². The predicted octanol–water partition coefficient (Wildman–Crippen LogP) is 11.0. The molecule has 2 aliphatic carbocycles. The smallest absolute Gasteiger partial charge is 0.133 e. The van der Waals surface area contributed by atoms with Gasteiger partial charge in [-0.1, -0.05) is 44.0 Å². The number of hydrogen-bond acceptors (Lipinski definition) is 4. The number of hydrogen-bond donors (Lipinski definition) is 2. The summed E-state index contributed by atoms with van der Waals surface area (Å²) in [5.74, 6) is 6.09. The summed E-state index contributed by atoms with van der Waals surface area (Å²) in [6.45, 7) is 11.2. The van der Waals surface area contributed by atoms with Gasteiger partial charge in [-0.15, -0.1) is 0 Å². The van der Waals surface area contributed by atoms with E-state index in [1.165, 1.54) is 71.9 Å². The van der Waals surface area contributed by atoms with E-state index < -0.39 is 0 Å². The number of rotatable bonds is 7. The van der Waals surface area contributed by atoms with E-state index in [0.29, 0.717) is 0 Å². The molecule has 0 radical (unpaired) electrons. The summed E-state index contributed by atoms with van der Waals surface area (Å²) >= 11 is 0. The Hall–Kier alpha value is -3.92. The van der Waals surface area contributed by atoms with Crippen LogP contribution in [0.3, 0.4) is 0 Å².